The van der Waals surface area contributed by atoms with Crippen LogP contribution in [-0.2, 0) is 17.8 Å². The van der Waals surface area contributed by atoms with E-state index in [0.717, 1.165) is 11.1 Å². The number of azide groups is 1. The van der Waals surface area contributed by atoms with E-state index in [9.17, 15) is 4.79 Å². The fraction of sp³-hybridized carbons (Fsp3) is 0.500. The van der Waals surface area contributed by atoms with Crippen molar-refractivity contribution in [3.8, 4) is 0 Å². The van der Waals surface area contributed by atoms with Crippen LogP contribution in [0.5, 0.6) is 0 Å². The summed E-state index contributed by atoms with van der Waals surface area (Å²) in [6.45, 7) is 5.98. The molecule has 7 heteroatoms. The van der Waals surface area contributed by atoms with E-state index in [4.69, 9.17) is 21.9 Å². The summed E-state index contributed by atoms with van der Waals surface area (Å²) in [7, 11) is 1.65. The van der Waals surface area contributed by atoms with Crippen LogP contribution in [-0.4, -0.2) is 23.6 Å². The van der Waals surface area contributed by atoms with Gasteiger partial charge in [-0.1, -0.05) is 22.8 Å². The van der Waals surface area contributed by atoms with Crippen molar-refractivity contribution in [3.63, 3.8) is 0 Å². The van der Waals surface area contributed by atoms with Crippen LogP contribution in [0.2, 0.25) is 5.02 Å². The molecule has 0 spiro atoms. The van der Waals surface area contributed by atoms with Gasteiger partial charge in [0, 0.05) is 23.5 Å². The molecule has 0 aliphatic carbocycles. The zero-order valence-electron chi connectivity index (χ0n) is 12.6. The summed E-state index contributed by atoms with van der Waals surface area (Å²) in [5, 5.41) is 4.10. The number of rotatable bonds is 4. The second kappa shape index (κ2) is 7.20. The maximum Gasteiger partial charge on any atom is 0.410 e. The average molecular weight is 311 g/mol. The van der Waals surface area contributed by atoms with Gasteiger partial charge in [-0.3, -0.25) is 0 Å². The molecular weight excluding hydrogens is 292 g/mol. The van der Waals surface area contributed by atoms with E-state index in [1.165, 1.54) is 4.90 Å². The number of ether oxygens (including phenoxy) is 1. The van der Waals surface area contributed by atoms with Gasteiger partial charge in [0.15, 0.2) is 0 Å². The number of carbonyl (C=O) groups is 1. The molecule has 0 heterocycles. The van der Waals surface area contributed by atoms with Gasteiger partial charge in [-0.25, -0.2) is 4.79 Å². The quantitative estimate of drug-likeness (QED) is 0.465. The number of benzene rings is 1. The first-order chi connectivity index (χ1) is 9.73. The van der Waals surface area contributed by atoms with Gasteiger partial charge in [-0.2, -0.15) is 0 Å². The van der Waals surface area contributed by atoms with Crippen molar-refractivity contribution >= 4 is 17.7 Å². The normalized spacial score (nSPS) is 10.7. The predicted octanol–water partition coefficient (Wildman–Crippen LogP) is 4.52. The topological polar surface area (TPSA) is 78.3 Å². The van der Waals surface area contributed by atoms with Crippen molar-refractivity contribution in [2.75, 3.05) is 7.05 Å². The number of amides is 1. The van der Waals surface area contributed by atoms with Gasteiger partial charge in [-0.05, 0) is 49.6 Å². The Kier molecular flexibility index (Phi) is 5.88. The number of carbonyl (C=O) groups excluding carboxylic acids is 1. The first-order valence-corrected chi connectivity index (χ1v) is 6.83. The molecule has 0 N–H and O–H groups in total. The van der Waals surface area contributed by atoms with Crippen LogP contribution >= 0.6 is 11.6 Å². The lowest BCUT2D eigenvalue weighted by atomic mass is 10.1. The monoisotopic (exact) mass is 310 g/mol. The number of nitrogens with zero attached hydrogens (tertiary/aromatic N) is 4. The van der Waals surface area contributed by atoms with Crippen molar-refractivity contribution in [1.82, 2.24) is 4.90 Å². The molecule has 114 valence electrons. The van der Waals surface area contributed by atoms with E-state index in [2.05, 4.69) is 10.0 Å². The molecule has 0 saturated heterocycles. The lowest BCUT2D eigenvalue weighted by Gasteiger charge is -2.25. The van der Waals surface area contributed by atoms with E-state index in [-0.39, 0.29) is 6.54 Å². The van der Waals surface area contributed by atoms with Crippen molar-refractivity contribution < 1.29 is 9.53 Å². The third-order valence-corrected chi connectivity index (χ3v) is 2.82. The third-order valence-electron chi connectivity index (χ3n) is 2.59. The Morgan fingerprint density at radius 2 is 2.10 bits per heavy atom. The molecule has 0 fully saturated rings. The Morgan fingerprint density at radius 3 is 2.67 bits per heavy atom. The zero-order valence-corrected chi connectivity index (χ0v) is 13.4. The number of hydrogen-bond acceptors (Lipinski definition) is 3. The van der Waals surface area contributed by atoms with Gasteiger partial charge in [-0.15, -0.1) is 0 Å². The molecule has 21 heavy (non-hydrogen) atoms. The third kappa shape index (κ3) is 5.94. The average Bonchev–Trinajstić information content (AvgIpc) is 2.36. The molecule has 6 nitrogen and oxygen atoms in total. The van der Waals surface area contributed by atoms with E-state index >= 15 is 0 Å². The Morgan fingerprint density at radius 1 is 1.43 bits per heavy atom. The van der Waals surface area contributed by atoms with Gasteiger partial charge < -0.3 is 9.64 Å². The molecular formula is C14H19ClN4O2. The highest BCUT2D eigenvalue weighted by Gasteiger charge is 2.20. The van der Waals surface area contributed by atoms with Crippen LogP contribution in [0.1, 0.15) is 31.9 Å². The molecule has 0 aromatic heterocycles. The fourth-order valence-electron chi connectivity index (χ4n) is 1.66. The van der Waals surface area contributed by atoms with Gasteiger partial charge in [0.2, 0.25) is 0 Å². The lowest BCUT2D eigenvalue weighted by molar-refractivity contribution is 0.0285. The van der Waals surface area contributed by atoms with E-state index in [1.807, 2.05) is 26.8 Å². The van der Waals surface area contributed by atoms with E-state index in [1.54, 1.807) is 19.2 Å². The highest BCUT2D eigenvalue weighted by Crippen LogP contribution is 2.19. The molecule has 1 rings (SSSR count). The minimum Gasteiger partial charge on any atom is -0.444 e. The molecule has 1 aromatic rings. The van der Waals surface area contributed by atoms with Crippen LogP contribution in [0, 0.1) is 0 Å². The standard InChI is InChI=1S/C14H19ClN4O2/c1-14(2,3)21-13(20)19(4)9-10-5-6-12(15)7-11(10)8-17-18-16/h5-7H,8-9H2,1-4H3. The first-order valence-electron chi connectivity index (χ1n) is 6.45. The Hall–Kier alpha value is -1.91. The van der Waals surface area contributed by atoms with Gasteiger partial charge in [0.25, 0.3) is 0 Å². The van der Waals surface area contributed by atoms with Gasteiger partial charge in [0.1, 0.15) is 5.60 Å². The Labute approximate surface area is 129 Å². The molecule has 0 aliphatic rings. The second-order valence-corrected chi connectivity index (χ2v) is 6.07. The van der Waals surface area contributed by atoms with Crippen molar-refractivity contribution in [2.24, 2.45) is 5.11 Å². The fourth-order valence-corrected chi connectivity index (χ4v) is 1.86. The van der Waals surface area contributed by atoms with Crippen LogP contribution < -0.4 is 0 Å². The van der Waals surface area contributed by atoms with Crippen LogP contribution in [0.4, 0.5) is 4.79 Å². The predicted molar refractivity (Wildman–Crippen MR) is 82.0 cm³/mol. The molecule has 1 amide bonds. The van der Waals surface area contributed by atoms with Crippen LogP contribution in [0.15, 0.2) is 23.3 Å². The maximum atomic E-state index is 12.0. The first kappa shape index (κ1) is 17.1. The van der Waals surface area contributed by atoms with Crippen LogP contribution in [0.3, 0.4) is 0 Å². The maximum absolute atomic E-state index is 12.0. The van der Waals surface area contributed by atoms with Crippen molar-refractivity contribution in [2.45, 2.75) is 39.5 Å². The van der Waals surface area contributed by atoms with Gasteiger partial charge >= 0.3 is 6.09 Å². The van der Waals surface area contributed by atoms with Crippen molar-refractivity contribution in [3.05, 3.63) is 44.8 Å². The SMILES string of the molecule is CN(Cc1ccc(Cl)cc1CN=[N+]=[N-])C(=O)OC(C)(C)C. The molecule has 0 saturated carbocycles. The van der Waals surface area contributed by atoms with Gasteiger partial charge in [0.05, 0.1) is 6.54 Å². The summed E-state index contributed by atoms with van der Waals surface area (Å²) in [6.07, 6.45) is -0.410. The summed E-state index contributed by atoms with van der Waals surface area (Å²) in [5.74, 6) is 0. The number of halogens is 1. The minimum absolute atomic E-state index is 0.189. The van der Waals surface area contributed by atoms with Crippen molar-refractivity contribution in [1.29, 1.82) is 0 Å². The largest absolute Gasteiger partial charge is 0.444 e. The summed E-state index contributed by atoms with van der Waals surface area (Å²) >= 11 is 5.94. The smallest absolute Gasteiger partial charge is 0.410 e. The minimum atomic E-state index is -0.542. The second-order valence-electron chi connectivity index (χ2n) is 5.64. The summed E-state index contributed by atoms with van der Waals surface area (Å²) in [4.78, 5) is 16.2. The molecule has 0 atom stereocenters. The molecule has 0 bridgehead atoms. The highest BCUT2D eigenvalue weighted by atomic mass is 35.5. The van der Waals surface area contributed by atoms with Crippen LogP contribution in [0.25, 0.3) is 10.4 Å². The molecule has 1 aromatic carbocycles. The highest BCUT2D eigenvalue weighted by molar-refractivity contribution is 6.30. The molecule has 0 aliphatic heterocycles. The number of hydrogen-bond donors (Lipinski definition) is 0. The summed E-state index contributed by atoms with van der Waals surface area (Å²) in [6, 6.07) is 5.28. The van der Waals surface area contributed by atoms with E-state index in [0.29, 0.717) is 11.6 Å². The summed E-state index contributed by atoms with van der Waals surface area (Å²) in [5.41, 5.74) is 9.53. The Balaban J connectivity index is 2.86. The molecule has 0 radical (unpaired) electrons. The Bertz CT molecular complexity index is 563. The summed E-state index contributed by atoms with van der Waals surface area (Å²) < 4.78 is 5.30. The molecule has 0 unspecified atom stereocenters. The van der Waals surface area contributed by atoms with E-state index < -0.39 is 11.7 Å². The lowest BCUT2D eigenvalue weighted by Crippen LogP contribution is -2.34. The zero-order chi connectivity index (χ0) is 16.0.